The summed E-state index contributed by atoms with van der Waals surface area (Å²) in [5.41, 5.74) is 7.92. The van der Waals surface area contributed by atoms with Crippen molar-refractivity contribution in [1.82, 2.24) is 0 Å². The van der Waals surface area contributed by atoms with Crippen LogP contribution in [-0.2, 0) is 0 Å². The van der Waals surface area contributed by atoms with Crippen LogP contribution in [-0.4, -0.2) is 7.05 Å². The normalized spacial score (nSPS) is 9.94. The summed E-state index contributed by atoms with van der Waals surface area (Å²) in [5, 5.41) is 9.78. The highest BCUT2D eigenvalue weighted by molar-refractivity contribution is 7.20. The van der Waals surface area contributed by atoms with E-state index in [1.165, 1.54) is 11.3 Å². The Morgan fingerprint density at radius 1 is 1.35 bits per heavy atom. The van der Waals surface area contributed by atoms with Crippen LogP contribution < -0.4 is 10.6 Å². The number of nitrogens with zero attached hydrogens (tertiary/aromatic N) is 2. The van der Waals surface area contributed by atoms with Gasteiger partial charge in [0.25, 0.3) is 0 Å². The summed E-state index contributed by atoms with van der Waals surface area (Å²) in [4.78, 5) is 1.95. The molecule has 0 bridgehead atoms. The number of nitrogen functional groups attached to an aromatic ring is 1. The van der Waals surface area contributed by atoms with E-state index in [0.29, 0.717) is 11.3 Å². The van der Waals surface area contributed by atoms with Crippen molar-refractivity contribution in [3.8, 4) is 6.07 Å². The third-order valence-corrected chi connectivity index (χ3v) is 3.72. The van der Waals surface area contributed by atoms with E-state index in [0.717, 1.165) is 15.0 Å². The lowest BCUT2D eigenvalue weighted by Crippen LogP contribution is -2.10. The fourth-order valence-electron chi connectivity index (χ4n) is 1.53. The highest BCUT2D eigenvalue weighted by atomic mass is 35.5. The molecule has 3 nitrogen and oxygen atoms in total. The number of thiophene rings is 1. The van der Waals surface area contributed by atoms with Crippen molar-refractivity contribution in [1.29, 1.82) is 5.26 Å². The third-order valence-electron chi connectivity index (χ3n) is 2.41. The standard InChI is InChI=1S/C12H10ClN3S/c1-16(12-5-4-11(13)17-12)10-3-2-8(7-14)6-9(10)15/h2-6H,15H2,1H3. The molecule has 17 heavy (non-hydrogen) atoms. The summed E-state index contributed by atoms with van der Waals surface area (Å²) in [6, 6.07) is 11.1. The van der Waals surface area contributed by atoms with E-state index in [9.17, 15) is 0 Å². The molecule has 1 aromatic carbocycles. The highest BCUT2D eigenvalue weighted by Crippen LogP contribution is 2.35. The maximum Gasteiger partial charge on any atom is 0.0992 e. The zero-order chi connectivity index (χ0) is 12.4. The first kappa shape index (κ1) is 11.8. The Morgan fingerprint density at radius 2 is 2.12 bits per heavy atom. The second-order valence-electron chi connectivity index (χ2n) is 3.52. The van der Waals surface area contributed by atoms with Gasteiger partial charge in [-0.2, -0.15) is 5.26 Å². The molecule has 0 amide bonds. The van der Waals surface area contributed by atoms with Gasteiger partial charge in [-0.3, -0.25) is 0 Å². The highest BCUT2D eigenvalue weighted by Gasteiger charge is 2.10. The molecule has 5 heteroatoms. The molecule has 0 aliphatic heterocycles. The fraction of sp³-hybridized carbons (Fsp3) is 0.0833. The molecule has 0 unspecified atom stereocenters. The number of hydrogen-bond acceptors (Lipinski definition) is 4. The Hall–Kier alpha value is -1.70. The van der Waals surface area contributed by atoms with E-state index in [2.05, 4.69) is 6.07 Å². The fourth-order valence-corrected chi connectivity index (χ4v) is 2.54. The number of hydrogen-bond donors (Lipinski definition) is 1. The molecule has 86 valence electrons. The van der Waals surface area contributed by atoms with Crippen LogP contribution >= 0.6 is 22.9 Å². The van der Waals surface area contributed by atoms with Gasteiger partial charge in [0.15, 0.2) is 0 Å². The Kier molecular flexibility index (Phi) is 3.23. The monoisotopic (exact) mass is 263 g/mol. The van der Waals surface area contributed by atoms with Crippen molar-refractivity contribution >= 4 is 39.3 Å². The number of nitrogens with two attached hydrogens (primary N) is 1. The van der Waals surface area contributed by atoms with Crippen LogP contribution in [0.4, 0.5) is 16.4 Å². The average Bonchev–Trinajstić information content (AvgIpc) is 2.75. The Balaban J connectivity index is 2.38. The second-order valence-corrected chi connectivity index (χ2v) is 5.22. The number of halogens is 1. The third kappa shape index (κ3) is 2.36. The molecule has 0 aliphatic carbocycles. The van der Waals surface area contributed by atoms with Gasteiger partial charge in [-0.05, 0) is 30.3 Å². The van der Waals surface area contributed by atoms with E-state index in [4.69, 9.17) is 22.6 Å². The molecule has 2 N–H and O–H groups in total. The number of benzene rings is 1. The lowest BCUT2D eigenvalue weighted by Gasteiger charge is -2.19. The maximum atomic E-state index is 8.78. The largest absolute Gasteiger partial charge is 0.397 e. The SMILES string of the molecule is CN(c1ccc(Cl)s1)c1ccc(C#N)cc1N. The van der Waals surface area contributed by atoms with Crippen LogP contribution in [0.15, 0.2) is 30.3 Å². The average molecular weight is 264 g/mol. The van der Waals surface area contributed by atoms with Gasteiger partial charge in [-0.15, -0.1) is 11.3 Å². The van der Waals surface area contributed by atoms with Gasteiger partial charge < -0.3 is 10.6 Å². The zero-order valence-electron chi connectivity index (χ0n) is 9.14. The molecule has 0 radical (unpaired) electrons. The predicted octanol–water partition coefficient (Wildman–Crippen LogP) is 3.62. The van der Waals surface area contributed by atoms with Gasteiger partial charge in [0, 0.05) is 7.05 Å². The van der Waals surface area contributed by atoms with Crippen LogP contribution in [0.3, 0.4) is 0 Å². The molecule has 1 aromatic heterocycles. The summed E-state index contributed by atoms with van der Waals surface area (Å²) in [6.07, 6.45) is 0. The number of nitriles is 1. The first-order chi connectivity index (χ1) is 8.11. The van der Waals surface area contributed by atoms with E-state index in [-0.39, 0.29) is 0 Å². The molecule has 0 saturated heterocycles. The predicted molar refractivity (Wildman–Crippen MR) is 73.0 cm³/mol. The van der Waals surface area contributed by atoms with Crippen molar-refractivity contribution in [2.24, 2.45) is 0 Å². The van der Waals surface area contributed by atoms with Crippen LogP contribution in [0.1, 0.15) is 5.56 Å². The summed E-state index contributed by atoms with van der Waals surface area (Å²) in [5.74, 6) is 0. The Labute approximate surface area is 109 Å². The molecule has 0 atom stereocenters. The lowest BCUT2D eigenvalue weighted by molar-refractivity contribution is 1.24. The second kappa shape index (κ2) is 4.66. The molecule has 2 rings (SSSR count). The Morgan fingerprint density at radius 3 is 2.65 bits per heavy atom. The molecule has 0 spiro atoms. The van der Waals surface area contributed by atoms with Gasteiger partial charge in [-0.25, -0.2) is 0 Å². The summed E-state index contributed by atoms with van der Waals surface area (Å²) in [7, 11) is 1.92. The molecule has 2 aromatic rings. The number of anilines is 3. The van der Waals surface area contributed by atoms with Crippen LogP contribution in [0.5, 0.6) is 0 Å². The van der Waals surface area contributed by atoms with Crippen molar-refractivity contribution < 1.29 is 0 Å². The van der Waals surface area contributed by atoms with E-state index < -0.39 is 0 Å². The van der Waals surface area contributed by atoms with E-state index in [1.54, 1.807) is 12.1 Å². The maximum absolute atomic E-state index is 8.78. The summed E-state index contributed by atoms with van der Waals surface area (Å²) >= 11 is 7.38. The van der Waals surface area contributed by atoms with E-state index >= 15 is 0 Å². The summed E-state index contributed by atoms with van der Waals surface area (Å²) in [6.45, 7) is 0. The minimum absolute atomic E-state index is 0.559. The van der Waals surface area contributed by atoms with Crippen molar-refractivity contribution in [2.45, 2.75) is 0 Å². The van der Waals surface area contributed by atoms with Gasteiger partial charge in [0.1, 0.15) is 0 Å². The minimum Gasteiger partial charge on any atom is -0.397 e. The van der Waals surface area contributed by atoms with E-state index in [1.807, 2.05) is 30.1 Å². The van der Waals surface area contributed by atoms with Crippen LogP contribution in [0.25, 0.3) is 0 Å². The van der Waals surface area contributed by atoms with Gasteiger partial charge in [0.05, 0.1) is 32.3 Å². The molecule has 1 heterocycles. The smallest absolute Gasteiger partial charge is 0.0992 e. The topological polar surface area (TPSA) is 53.0 Å². The molecular formula is C12H10ClN3S. The number of rotatable bonds is 2. The van der Waals surface area contributed by atoms with Crippen molar-refractivity contribution in [3.63, 3.8) is 0 Å². The summed E-state index contributed by atoms with van der Waals surface area (Å²) < 4.78 is 0.735. The minimum atomic E-state index is 0.559. The first-order valence-corrected chi connectivity index (χ1v) is 6.10. The van der Waals surface area contributed by atoms with Crippen LogP contribution in [0, 0.1) is 11.3 Å². The molecule has 0 aliphatic rings. The van der Waals surface area contributed by atoms with Crippen molar-refractivity contribution in [3.05, 3.63) is 40.2 Å². The van der Waals surface area contributed by atoms with Crippen molar-refractivity contribution in [2.75, 3.05) is 17.7 Å². The van der Waals surface area contributed by atoms with Crippen LogP contribution in [0.2, 0.25) is 4.34 Å². The zero-order valence-corrected chi connectivity index (χ0v) is 10.7. The van der Waals surface area contributed by atoms with Gasteiger partial charge >= 0.3 is 0 Å². The first-order valence-electron chi connectivity index (χ1n) is 4.90. The van der Waals surface area contributed by atoms with Gasteiger partial charge in [-0.1, -0.05) is 11.6 Å². The lowest BCUT2D eigenvalue weighted by atomic mass is 10.2. The molecule has 0 fully saturated rings. The Bertz CT molecular complexity index is 586. The molecule has 0 saturated carbocycles. The molecular weight excluding hydrogens is 254 g/mol. The quantitative estimate of drug-likeness (QED) is 0.842. The van der Waals surface area contributed by atoms with Gasteiger partial charge in [0.2, 0.25) is 0 Å².